The summed E-state index contributed by atoms with van der Waals surface area (Å²) in [5.74, 6) is -1.18. The molecule has 3 aliphatic heterocycles. The van der Waals surface area contributed by atoms with Crippen LogP contribution in [0.1, 0.15) is 26.7 Å². The predicted octanol–water partition coefficient (Wildman–Crippen LogP) is 2.05. The van der Waals surface area contributed by atoms with Crippen LogP contribution in [-0.2, 0) is 21.4 Å². The van der Waals surface area contributed by atoms with Gasteiger partial charge in [0.05, 0.1) is 38.9 Å². The first-order chi connectivity index (χ1) is 11.8. The highest BCUT2D eigenvalue weighted by Gasteiger charge is 2.72. The lowest BCUT2D eigenvalue weighted by molar-refractivity contribution is -0.129. The van der Waals surface area contributed by atoms with Crippen molar-refractivity contribution in [3.8, 4) is 0 Å². The number of benzene rings is 1. The minimum Gasteiger partial charge on any atom is -0.367 e. The van der Waals surface area contributed by atoms with E-state index in [1.54, 1.807) is 29.8 Å². The summed E-state index contributed by atoms with van der Waals surface area (Å²) in [5, 5.41) is 0. The van der Waals surface area contributed by atoms with E-state index in [9.17, 15) is 14.4 Å². The normalized spacial score (nSPS) is 36.7. The zero-order valence-electron chi connectivity index (χ0n) is 14.2. The number of ether oxygens (including phenoxy) is 1. The molecule has 0 saturated carbocycles. The molecular weight excluding hydrogens is 340 g/mol. The number of aromatic nitrogens is 1. The van der Waals surface area contributed by atoms with E-state index >= 15 is 0 Å². The third-order valence-corrected chi connectivity index (χ3v) is 7.24. The molecule has 2 amide bonds. The Morgan fingerprint density at radius 2 is 1.68 bits per heavy atom. The van der Waals surface area contributed by atoms with Crippen LogP contribution >= 0.6 is 11.3 Å². The van der Waals surface area contributed by atoms with Crippen LogP contribution in [0.2, 0.25) is 0 Å². The van der Waals surface area contributed by atoms with E-state index in [1.165, 1.54) is 4.90 Å². The molecule has 3 aliphatic rings. The molecule has 130 valence electrons. The summed E-state index contributed by atoms with van der Waals surface area (Å²) >= 11 is 1.12. The number of thiazole rings is 1. The topological polar surface area (TPSA) is 68.6 Å². The van der Waals surface area contributed by atoms with Crippen molar-refractivity contribution in [2.75, 3.05) is 4.90 Å². The quantitative estimate of drug-likeness (QED) is 0.732. The average Bonchev–Trinajstić information content (AvgIpc) is 3.18. The van der Waals surface area contributed by atoms with Crippen LogP contribution in [0.25, 0.3) is 10.2 Å². The van der Waals surface area contributed by atoms with Gasteiger partial charge in [0.25, 0.3) is 0 Å². The Hall–Kier alpha value is -1.99. The van der Waals surface area contributed by atoms with Crippen LogP contribution in [0.3, 0.4) is 0 Å². The number of amides is 2. The van der Waals surface area contributed by atoms with Crippen LogP contribution in [-0.4, -0.2) is 27.6 Å². The smallest absolute Gasteiger partial charge is 0.307 e. The lowest BCUT2D eigenvalue weighted by Gasteiger charge is -2.27. The molecule has 7 heteroatoms. The van der Waals surface area contributed by atoms with Crippen LogP contribution in [0.4, 0.5) is 5.69 Å². The molecule has 25 heavy (non-hydrogen) atoms. The van der Waals surface area contributed by atoms with E-state index in [-0.39, 0.29) is 16.7 Å². The van der Waals surface area contributed by atoms with E-state index in [4.69, 9.17) is 4.74 Å². The summed E-state index contributed by atoms with van der Waals surface area (Å²) < 4.78 is 8.47. The number of carbonyl (C=O) groups is 2. The minimum atomic E-state index is -0.553. The van der Waals surface area contributed by atoms with Crippen molar-refractivity contribution in [1.29, 1.82) is 0 Å². The molecule has 1 aromatic heterocycles. The van der Waals surface area contributed by atoms with Crippen molar-refractivity contribution in [2.24, 2.45) is 18.9 Å². The zero-order chi connectivity index (χ0) is 17.7. The number of hydrogen-bond donors (Lipinski definition) is 0. The number of nitrogens with zero attached hydrogens (tertiary/aromatic N) is 2. The first kappa shape index (κ1) is 15.3. The largest absolute Gasteiger partial charge is 0.367 e. The molecule has 0 spiro atoms. The molecule has 2 aromatic rings. The van der Waals surface area contributed by atoms with Crippen LogP contribution in [0.15, 0.2) is 23.0 Å². The van der Waals surface area contributed by atoms with Gasteiger partial charge in [0.2, 0.25) is 11.8 Å². The highest BCUT2D eigenvalue weighted by atomic mass is 32.1. The molecule has 0 N–H and O–H groups in total. The van der Waals surface area contributed by atoms with Gasteiger partial charge >= 0.3 is 4.87 Å². The van der Waals surface area contributed by atoms with E-state index in [1.807, 2.05) is 13.8 Å². The van der Waals surface area contributed by atoms with Gasteiger partial charge in [0, 0.05) is 7.05 Å². The Morgan fingerprint density at radius 3 is 2.28 bits per heavy atom. The summed E-state index contributed by atoms with van der Waals surface area (Å²) in [4.78, 5) is 39.3. The molecule has 2 bridgehead atoms. The Bertz CT molecular complexity index is 990. The van der Waals surface area contributed by atoms with E-state index in [0.29, 0.717) is 5.69 Å². The van der Waals surface area contributed by atoms with Crippen molar-refractivity contribution in [3.63, 3.8) is 0 Å². The SMILES string of the molecule is Cn1c(=O)sc2cc(N3C(=O)C4C(C3=O)C3(C)CCC4(C)O3)ccc21. The van der Waals surface area contributed by atoms with Crippen LogP contribution < -0.4 is 9.77 Å². The first-order valence-electron chi connectivity index (χ1n) is 8.43. The molecule has 6 nitrogen and oxygen atoms in total. The van der Waals surface area contributed by atoms with Crippen LogP contribution in [0.5, 0.6) is 0 Å². The maximum atomic E-state index is 13.1. The summed E-state index contributed by atoms with van der Waals surface area (Å²) in [5.41, 5.74) is 0.247. The fourth-order valence-corrected chi connectivity index (χ4v) is 5.90. The van der Waals surface area contributed by atoms with Gasteiger partial charge in [0.15, 0.2) is 0 Å². The second-order valence-corrected chi connectivity index (χ2v) is 8.77. The molecular formula is C18H18N2O4S. The molecule has 5 rings (SSSR count). The second kappa shape index (κ2) is 4.40. The van der Waals surface area contributed by atoms with Crippen LogP contribution in [0, 0.1) is 11.8 Å². The summed E-state index contributed by atoms with van der Waals surface area (Å²) in [6.45, 7) is 3.90. The fourth-order valence-electron chi connectivity index (χ4n) is 4.98. The van der Waals surface area contributed by atoms with Crippen molar-refractivity contribution in [2.45, 2.75) is 37.9 Å². The van der Waals surface area contributed by atoms with Crippen molar-refractivity contribution < 1.29 is 14.3 Å². The summed E-state index contributed by atoms with van der Waals surface area (Å²) in [6, 6.07) is 5.32. The molecule has 3 saturated heterocycles. The van der Waals surface area contributed by atoms with Gasteiger partial charge < -0.3 is 9.30 Å². The van der Waals surface area contributed by atoms with Gasteiger partial charge in [-0.3, -0.25) is 14.4 Å². The molecule has 4 unspecified atom stereocenters. The minimum absolute atomic E-state index is 0.0606. The van der Waals surface area contributed by atoms with E-state index in [2.05, 4.69) is 0 Å². The Morgan fingerprint density at radius 1 is 1.08 bits per heavy atom. The first-order valence-corrected chi connectivity index (χ1v) is 9.24. The van der Waals surface area contributed by atoms with Gasteiger partial charge in [0.1, 0.15) is 0 Å². The average molecular weight is 358 g/mol. The fraction of sp³-hybridized carbons (Fsp3) is 0.500. The van der Waals surface area contributed by atoms with Gasteiger partial charge in [-0.25, -0.2) is 4.90 Å². The number of imide groups is 1. The molecule has 3 fully saturated rings. The molecule has 1 aromatic carbocycles. The second-order valence-electron chi connectivity index (χ2n) is 7.77. The third kappa shape index (κ3) is 1.70. The van der Waals surface area contributed by atoms with E-state index < -0.39 is 23.0 Å². The van der Waals surface area contributed by atoms with Crippen molar-refractivity contribution in [1.82, 2.24) is 4.57 Å². The molecule has 4 atom stereocenters. The highest BCUT2D eigenvalue weighted by Crippen LogP contribution is 2.60. The monoisotopic (exact) mass is 358 g/mol. The predicted molar refractivity (Wildman–Crippen MR) is 93.7 cm³/mol. The van der Waals surface area contributed by atoms with Gasteiger partial charge in [-0.2, -0.15) is 0 Å². The molecule has 4 heterocycles. The maximum Gasteiger partial charge on any atom is 0.307 e. The van der Waals surface area contributed by atoms with Gasteiger partial charge in [-0.1, -0.05) is 11.3 Å². The van der Waals surface area contributed by atoms with Gasteiger partial charge in [-0.05, 0) is 44.9 Å². The summed E-state index contributed by atoms with van der Waals surface area (Å²) in [6.07, 6.45) is 1.60. The van der Waals surface area contributed by atoms with E-state index in [0.717, 1.165) is 34.4 Å². The van der Waals surface area contributed by atoms with Gasteiger partial charge in [-0.15, -0.1) is 0 Å². The molecule has 0 aliphatic carbocycles. The molecule has 0 radical (unpaired) electrons. The number of fused-ring (bicyclic) bond motifs is 6. The zero-order valence-corrected chi connectivity index (χ0v) is 15.1. The van der Waals surface area contributed by atoms with Crippen molar-refractivity contribution >= 4 is 39.1 Å². The Kier molecular flexibility index (Phi) is 2.69. The number of carbonyl (C=O) groups excluding carboxylic acids is 2. The van der Waals surface area contributed by atoms with Crippen molar-refractivity contribution in [3.05, 3.63) is 27.9 Å². The number of rotatable bonds is 1. The lowest BCUT2D eigenvalue weighted by Crippen LogP contribution is -2.40. The number of hydrogen-bond acceptors (Lipinski definition) is 5. The third-order valence-electron chi connectivity index (χ3n) is 6.24. The Balaban J connectivity index is 1.63. The maximum absolute atomic E-state index is 13.1. The lowest BCUT2D eigenvalue weighted by atomic mass is 9.69. The highest BCUT2D eigenvalue weighted by molar-refractivity contribution is 7.16. The Labute approximate surface area is 148 Å². The standard InChI is InChI=1S/C18H18N2O4S/c1-17-6-7-18(2,24-17)13-12(17)14(21)20(15(13)22)9-4-5-10-11(8-9)25-16(23)19(10)3/h4-5,8,12-13H,6-7H2,1-3H3. The number of anilines is 1. The number of aryl methyl sites for hydroxylation is 1. The summed E-state index contributed by atoms with van der Waals surface area (Å²) in [7, 11) is 1.72.